The van der Waals surface area contributed by atoms with Gasteiger partial charge in [0.1, 0.15) is 36.2 Å². The average molecular weight is 705 g/mol. The lowest BCUT2D eigenvalue weighted by atomic mass is 9.94. The number of benzene rings is 4. The van der Waals surface area contributed by atoms with Crippen molar-refractivity contribution in [1.29, 1.82) is 0 Å². The number of likely N-dealkylation sites (tertiary alicyclic amines) is 2. The number of carbonyl (C=O) groups is 1. The van der Waals surface area contributed by atoms with E-state index in [2.05, 4.69) is 9.80 Å². The molecular weight excluding hydrogens is 665 g/mol. The zero-order valence-electron chi connectivity index (χ0n) is 27.9. The number of aromatic hydroxyl groups is 2. The number of hydrogen-bond acceptors (Lipinski definition) is 9. The van der Waals surface area contributed by atoms with Crippen LogP contribution in [0.1, 0.15) is 41.6 Å². The topological polar surface area (TPSA) is 82.5 Å². The van der Waals surface area contributed by atoms with E-state index in [1.54, 1.807) is 24.3 Å². The number of phenols is 2. The molecule has 2 aliphatic heterocycles. The molecule has 2 aliphatic rings. The van der Waals surface area contributed by atoms with Crippen LogP contribution in [0.2, 0.25) is 0 Å². The standard InChI is InChI=1S/C41H40N2O5S2/c44-29-9-15-33-35(25-29)49-40(27-5-11-31(12-6-27)47-23-21-42-17-1-2-18-42)37(33)39(46)38-34-16-10-30(45)26-36(34)50-41(38)28-7-13-32(14-8-28)48-24-22-43-19-3-4-20-43/h5-16,25-26,44-45H,1-4,17-24H2. The Morgan fingerprint density at radius 1 is 0.580 bits per heavy atom. The number of thiophene rings is 2. The summed E-state index contributed by atoms with van der Waals surface area (Å²) in [6, 6.07) is 26.3. The fraction of sp³-hybridized carbons (Fsp3) is 0.293. The summed E-state index contributed by atoms with van der Waals surface area (Å²) in [4.78, 5) is 21.6. The van der Waals surface area contributed by atoms with E-state index in [9.17, 15) is 10.2 Å². The van der Waals surface area contributed by atoms with E-state index in [1.165, 1.54) is 48.4 Å². The Morgan fingerprint density at radius 2 is 0.980 bits per heavy atom. The monoisotopic (exact) mass is 704 g/mol. The van der Waals surface area contributed by atoms with Crippen molar-refractivity contribution in [3.05, 3.63) is 96.1 Å². The van der Waals surface area contributed by atoms with Gasteiger partial charge in [-0.2, -0.15) is 0 Å². The Kier molecular flexibility index (Phi) is 9.47. The summed E-state index contributed by atoms with van der Waals surface area (Å²) in [5.74, 6) is 1.82. The van der Waals surface area contributed by atoms with Crippen molar-refractivity contribution in [2.24, 2.45) is 0 Å². The maximum Gasteiger partial charge on any atom is 0.197 e. The molecule has 2 N–H and O–H groups in total. The van der Waals surface area contributed by atoms with Crippen LogP contribution in [-0.4, -0.2) is 78.3 Å². The number of fused-ring (bicyclic) bond motifs is 2. The zero-order chi connectivity index (χ0) is 34.0. The highest BCUT2D eigenvalue weighted by molar-refractivity contribution is 7.23. The summed E-state index contributed by atoms with van der Waals surface area (Å²) in [6.45, 7) is 7.68. The molecule has 9 heteroatoms. The third-order valence-corrected chi connectivity index (χ3v) is 12.2. The summed E-state index contributed by atoms with van der Waals surface area (Å²) < 4.78 is 13.8. The summed E-state index contributed by atoms with van der Waals surface area (Å²) >= 11 is 3.00. The predicted molar refractivity (Wildman–Crippen MR) is 204 cm³/mol. The van der Waals surface area contributed by atoms with Gasteiger partial charge in [-0.3, -0.25) is 14.6 Å². The number of rotatable bonds is 12. The minimum Gasteiger partial charge on any atom is -0.508 e. The molecule has 2 saturated heterocycles. The molecule has 2 fully saturated rings. The molecule has 6 aromatic rings. The van der Waals surface area contributed by atoms with E-state index in [-0.39, 0.29) is 17.3 Å². The molecule has 4 aromatic carbocycles. The molecule has 0 radical (unpaired) electrons. The van der Waals surface area contributed by atoms with E-state index in [1.807, 2.05) is 60.7 Å². The number of hydrogen-bond donors (Lipinski definition) is 2. The minimum atomic E-state index is -0.0965. The molecule has 0 spiro atoms. The second-order valence-corrected chi connectivity index (χ2v) is 15.2. The molecular formula is C41H40N2O5S2. The van der Waals surface area contributed by atoms with Crippen LogP contribution in [0.15, 0.2) is 84.9 Å². The number of nitrogens with zero attached hydrogens (tertiary/aromatic N) is 2. The third kappa shape index (κ3) is 6.83. The van der Waals surface area contributed by atoms with Crippen LogP contribution < -0.4 is 9.47 Å². The molecule has 4 heterocycles. The average Bonchev–Trinajstić information content (AvgIpc) is 3.95. The summed E-state index contributed by atoms with van der Waals surface area (Å²) in [5, 5.41) is 22.4. The second kappa shape index (κ2) is 14.4. The largest absolute Gasteiger partial charge is 0.508 e. The summed E-state index contributed by atoms with van der Waals surface area (Å²) in [5.41, 5.74) is 3.03. The fourth-order valence-electron chi connectivity index (χ4n) is 7.16. The van der Waals surface area contributed by atoms with Gasteiger partial charge in [-0.25, -0.2) is 0 Å². The van der Waals surface area contributed by atoms with Gasteiger partial charge in [-0.05, 0) is 148 Å². The molecule has 0 atom stereocenters. The minimum absolute atomic E-state index is 0.0965. The Labute approximate surface area is 299 Å². The van der Waals surface area contributed by atoms with Gasteiger partial charge < -0.3 is 19.7 Å². The number of ether oxygens (including phenoxy) is 2. The van der Waals surface area contributed by atoms with Crippen molar-refractivity contribution in [3.8, 4) is 43.9 Å². The molecule has 8 rings (SSSR count). The SMILES string of the molecule is O=C(c1c(-c2ccc(OCCN3CCCC3)cc2)sc2cc(O)ccc12)c1c(-c2ccc(OCCN3CCCC3)cc2)sc2cc(O)ccc12. The van der Waals surface area contributed by atoms with Crippen molar-refractivity contribution in [2.75, 3.05) is 52.5 Å². The van der Waals surface area contributed by atoms with Gasteiger partial charge in [-0.15, -0.1) is 22.7 Å². The molecule has 0 bridgehead atoms. The van der Waals surface area contributed by atoms with Crippen molar-refractivity contribution in [3.63, 3.8) is 0 Å². The molecule has 7 nitrogen and oxygen atoms in total. The van der Waals surface area contributed by atoms with Crippen LogP contribution in [0.5, 0.6) is 23.0 Å². The Hall–Kier alpha value is -4.41. The first-order valence-corrected chi connectivity index (χ1v) is 19.1. The van der Waals surface area contributed by atoms with Crippen LogP contribution in [0.25, 0.3) is 41.1 Å². The maximum atomic E-state index is 15.1. The fourth-order valence-corrected chi connectivity index (χ4v) is 9.63. The van der Waals surface area contributed by atoms with Gasteiger partial charge >= 0.3 is 0 Å². The van der Waals surface area contributed by atoms with Crippen LogP contribution in [-0.2, 0) is 0 Å². The van der Waals surface area contributed by atoms with E-state index < -0.39 is 0 Å². The van der Waals surface area contributed by atoms with Gasteiger partial charge in [0, 0.05) is 54.1 Å². The maximum absolute atomic E-state index is 15.1. The van der Waals surface area contributed by atoms with Crippen molar-refractivity contribution >= 4 is 48.6 Å². The molecule has 50 heavy (non-hydrogen) atoms. The molecule has 0 unspecified atom stereocenters. The van der Waals surface area contributed by atoms with Gasteiger partial charge in [0.25, 0.3) is 0 Å². The van der Waals surface area contributed by atoms with Crippen LogP contribution in [0.4, 0.5) is 0 Å². The Balaban J connectivity index is 1.13. The Morgan fingerprint density at radius 3 is 1.38 bits per heavy atom. The highest BCUT2D eigenvalue weighted by atomic mass is 32.1. The molecule has 0 aliphatic carbocycles. The van der Waals surface area contributed by atoms with Gasteiger partial charge in [0.15, 0.2) is 5.78 Å². The number of ketones is 1. The lowest BCUT2D eigenvalue weighted by Gasteiger charge is -2.15. The lowest BCUT2D eigenvalue weighted by Crippen LogP contribution is -2.25. The third-order valence-electron chi connectivity index (χ3n) is 9.78. The number of phenolic OH excluding ortho intramolecular Hbond substituents is 2. The van der Waals surface area contributed by atoms with Crippen molar-refractivity contribution < 1.29 is 24.5 Å². The van der Waals surface area contributed by atoms with Crippen LogP contribution in [0.3, 0.4) is 0 Å². The smallest absolute Gasteiger partial charge is 0.197 e. The van der Waals surface area contributed by atoms with E-state index >= 15 is 4.79 Å². The molecule has 256 valence electrons. The predicted octanol–water partition coefficient (Wildman–Crippen LogP) is 9.04. The van der Waals surface area contributed by atoms with E-state index in [0.29, 0.717) is 24.3 Å². The van der Waals surface area contributed by atoms with Crippen molar-refractivity contribution in [2.45, 2.75) is 25.7 Å². The molecule has 0 saturated carbocycles. The molecule has 2 aromatic heterocycles. The summed E-state index contributed by atoms with van der Waals surface area (Å²) in [6.07, 6.45) is 5.03. The van der Waals surface area contributed by atoms with E-state index in [0.717, 1.165) is 91.8 Å². The van der Waals surface area contributed by atoms with Gasteiger partial charge in [0.05, 0.1) is 0 Å². The highest BCUT2D eigenvalue weighted by Crippen LogP contribution is 2.46. The summed E-state index contributed by atoms with van der Waals surface area (Å²) in [7, 11) is 0. The Bertz CT molecular complexity index is 1970. The van der Waals surface area contributed by atoms with Crippen molar-refractivity contribution in [1.82, 2.24) is 9.80 Å². The first kappa shape index (κ1) is 32.8. The first-order valence-electron chi connectivity index (χ1n) is 17.5. The first-order chi connectivity index (χ1) is 24.5. The van der Waals surface area contributed by atoms with Gasteiger partial charge in [0.2, 0.25) is 0 Å². The highest BCUT2D eigenvalue weighted by Gasteiger charge is 2.28. The lowest BCUT2D eigenvalue weighted by molar-refractivity contribution is 0.104. The van der Waals surface area contributed by atoms with E-state index in [4.69, 9.17) is 9.47 Å². The number of carbonyl (C=O) groups excluding carboxylic acids is 1. The zero-order valence-corrected chi connectivity index (χ0v) is 29.5. The van der Waals surface area contributed by atoms with Crippen LogP contribution >= 0.6 is 22.7 Å². The normalized spacial score (nSPS) is 15.4. The molecule has 0 amide bonds. The van der Waals surface area contributed by atoms with Crippen LogP contribution in [0, 0.1) is 0 Å². The quantitative estimate of drug-likeness (QED) is 0.123. The second-order valence-electron chi connectivity index (χ2n) is 13.1. The van der Waals surface area contributed by atoms with Gasteiger partial charge in [-0.1, -0.05) is 0 Å².